The van der Waals surface area contributed by atoms with E-state index in [2.05, 4.69) is 191 Å². The van der Waals surface area contributed by atoms with Crippen LogP contribution in [0.2, 0.25) is 0 Å². The van der Waals surface area contributed by atoms with E-state index in [4.69, 9.17) is 9.31 Å². The van der Waals surface area contributed by atoms with Gasteiger partial charge in [0.05, 0.1) is 32.0 Å². The average molecular weight is 704 g/mol. The smallest absolute Gasteiger partial charge is 0.514 e. The lowest BCUT2D eigenvalue weighted by Crippen LogP contribution is -2.84. The highest BCUT2D eigenvalue weighted by Crippen LogP contribution is 2.48. The highest BCUT2D eigenvalue weighted by atomic mass is 32.1. The van der Waals surface area contributed by atoms with Gasteiger partial charge in [0, 0.05) is 12.1 Å². The van der Waals surface area contributed by atoms with Gasteiger partial charge in [-0.15, -0.1) is 0 Å². The molecule has 2 aliphatic rings. The molecule has 0 unspecified atom stereocenters. The Kier molecular flexibility index (Phi) is 6.45. The van der Waals surface area contributed by atoms with Gasteiger partial charge in [-0.3, -0.25) is 0 Å². The van der Waals surface area contributed by atoms with Gasteiger partial charge in [0.15, 0.2) is 11.0 Å². The number of fused-ring (bicyclic) bond motifs is 10. The Labute approximate surface area is 309 Å². The molecule has 2 aliphatic heterocycles. The van der Waals surface area contributed by atoms with Crippen molar-refractivity contribution in [2.24, 2.45) is 0 Å². The predicted molar refractivity (Wildman–Crippen MR) is 216 cm³/mol. The fourth-order valence-electron chi connectivity index (χ4n) is 8.77. The minimum atomic E-state index is -1.93. The monoisotopic (exact) mass is 704 g/mol. The molecule has 0 radical (unpaired) electrons. The van der Waals surface area contributed by atoms with Gasteiger partial charge in [-0.25, -0.2) is 0 Å². The zero-order valence-corrected chi connectivity index (χ0v) is 29.6. The number of thiazole rings is 2. The van der Waals surface area contributed by atoms with Crippen LogP contribution >= 0.6 is 22.7 Å². The molecule has 0 saturated heterocycles. The van der Waals surface area contributed by atoms with Crippen LogP contribution in [0, 0.1) is 0 Å². The van der Waals surface area contributed by atoms with Crippen molar-refractivity contribution in [3.8, 4) is 32.6 Å². The molecule has 0 N–H and O–H groups in total. The molecule has 2 aromatic heterocycles. The van der Waals surface area contributed by atoms with Crippen molar-refractivity contribution >= 4 is 77.9 Å². The predicted octanol–water partition coefficient (Wildman–Crippen LogP) is 7.02. The lowest BCUT2D eigenvalue weighted by molar-refractivity contribution is -0.509. The lowest BCUT2D eigenvalue weighted by atomic mass is 9.40. The Hall–Kier alpha value is -5.95. The van der Waals surface area contributed by atoms with E-state index in [0.717, 1.165) is 65.5 Å². The molecule has 11 rings (SSSR count). The second kappa shape index (κ2) is 11.3. The second-order valence-electron chi connectivity index (χ2n) is 13.7. The molecule has 0 bridgehead atoms. The van der Waals surface area contributed by atoms with Gasteiger partial charge in [0.1, 0.15) is 0 Å². The molecule has 0 amide bonds. The average Bonchev–Trinajstić information content (AvgIpc) is 3.82. The Balaban J connectivity index is 1.25. The highest BCUT2D eigenvalue weighted by Gasteiger charge is 2.54. The van der Waals surface area contributed by atoms with Crippen molar-refractivity contribution in [3.63, 3.8) is 0 Å². The van der Waals surface area contributed by atoms with Gasteiger partial charge in [0.25, 0.3) is 0 Å². The van der Waals surface area contributed by atoms with Crippen molar-refractivity contribution in [2.45, 2.75) is 0 Å². The van der Waals surface area contributed by atoms with E-state index in [1.807, 2.05) is 22.7 Å². The number of nitrogens with zero attached hydrogens (tertiary/aromatic N) is 2. The van der Waals surface area contributed by atoms with Crippen molar-refractivity contribution < 1.29 is 18.3 Å². The summed E-state index contributed by atoms with van der Waals surface area (Å²) in [6.07, 6.45) is 0. The van der Waals surface area contributed by atoms with Crippen molar-refractivity contribution in [1.82, 2.24) is 0 Å². The summed E-state index contributed by atoms with van der Waals surface area (Å²) in [4.78, 5) is 0. The second-order valence-corrected chi connectivity index (χ2v) is 15.8. The third-order valence-corrected chi connectivity index (χ3v) is 13.3. The third kappa shape index (κ3) is 4.05. The van der Waals surface area contributed by atoms with Crippen LogP contribution in [0.4, 0.5) is 0 Å². The van der Waals surface area contributed by atoms with Gasteiger partial charge in [-0.05, 0) is 24.3 Å². The molecule has 4 heterocycles. The fourth-order valence-corrected chi connectivity index (χ4v) is 11.3. The van der Waals surface area contributed by atoms with Crippen LogP contribution in [0.3, 0.4) is 0 Å². The summed E-state index contributed by atoms with van der Waals surface area (Å²) in [5.74, 6) is 1.70. The van der Waals surface area contributed by atoms with Gasteiger partial charge < -0.3 is 18.3 Å². The van der Waals surface area contributed by atoms with E-state index in [1.54, 1.807) is 0 Å². The number of hydrogen-bond acceptors (Lipinski definition) is 4. The quantitative estimate of drug-likeness (QED) is 0.184. The van der Waals surface area contributed by atoms with Gasteiger partial charge in [-0.1, -0.05) is 190 Å². The summed E-state index contributed by atoms with van der Waals surface area (Å²) in [6, 6.07) is 64.8. The molecule has 0 atom stereocenters. The summed E-state index contributed by atoms with van der Waals surface area (Å²) < 4.78 is 22.6. The summed E-state index contributed by atoms with van der Waals surface area (Å²) >= 11 is 3.62. The molecule has 4 nitrogen and oxygen atoms in total. The van der Waals surface area contributed by atoms with E-state index in [1.165, 1.54) is 9.40 Å². The number of aromatic nitrogens is 2. The van der Waals surface area contributed by atoms with E-state index in [-0.39, 0.29) is 0 Å². The first kappa shape index (κ1) is 29.7. The summed E-state index contributed by atoms with van der Waals surface area (Å²) in [6.45, 7) is -3.87. The molecule has 0 aliphatic carbocycles. The molecule has 7 aromatic carbocycles. The maximum Gasteiger partial charge on any atom is 0.514 e. The van der Waals surface area contributed by atoms with Crippen molar-refractivity contribution in [1.29, 1.82) is 0 Å². The zero-order chi connectivity index (χ0) is 34.3. The summed E-state index contributed by atoms with van der Waals surface area (Å²) in [5.41, 5.74) is 8.84. The molecule has 246 valence electrons. The van der Waals surface area contributed by atoms with E-state index in [0.29, 0.717) is 0 Å². The largest absolute Gasteiger partial charge is 0.650 e. The van der Waals surface area contributed by atoms with E-state index in [9.17, 15) is 0 Å². The first-order valence-corrected chi connectivity index (χ1v) is 19.3. The molecule has 0 saturated carbocycles. The highest BCUT2D eigenvalue weighted by molar-refractivity contribution is 7.22. The maximum atomic E-state index is 7.64. The first-order valence-electron chi connectivity index (χ1n) is 17.7. The molecule has 0 fully saturated rings. The molecule has 0 spiro atoms. The van der Waals surface area contributed by atoms with Crippen molar-refractivity contribution in [3.05, 3.63) is 182 Å². The van der Waals surface area contributed by atoms with Crippen molar-refractivity contribution in [2.75, 3.05) is 0 Å². The Morgan fingerprint density at radius 1 is 0.365 bits per heavy atom. The third-order valence-electron chi connectivity index (χ3n) is 11.0. The number of hydrogen-bond donors (Lipinski definition) is 0. The van der Waals surface area contributed by atoms with Crippen LogP contribution in [0.15, 0.2) is 182 Å². The zero-order valence-electron chi connectivity index (χ0n) is 28.0. The SMILES string of the molecule is c1ccc([B-]2(c3ccccc3)Oc3cc4c(cc3-c3sc5ccccc5[n+]32)O[B-](c2ccccc2)(c2ccccc2)[n+]2c-4sc3ccccc32)cc1. The van der Waals surface area contributed by atoms with Crippen LogP contribution in [0.1, 0.15) is 0 Å². The Bertz CT molecular complexity index is 2530. The number of rotatable bonds is 4. The van der Waals surface area contributed by atoms with Gasteiger partial charge >= 0.3 is 13.0 Å². The normalized spacial score (nSPS) is 14.8. The molecule has 9 aromatic rings. The molecular weight excluding hydrogens is 674 g/mol. The maximum absolute atomic E-state index is 7.64. The topological polar surface area (TPSA) is 26.2 Å². The van der Waals surface area contributed by atoms with E-state index < -0.39 is 13.0 Å². The summed E-state index contributed by atoms with van der Waals surface area (Å²) in [7, 11) is 0. The van der Waals surface area contributed by atoms with Crippen LogP contribution in [0.25, 0.3) is 41.6 Å². The van der Waals surface area contributed by atoms with Crippen LogP contribution in [-0.2, 0) is 0 Å². The van der Waals surface area contributed by atoms with Crippen LogP contribution < -0.4 is 40.1 Å². The van der Waals surface area contributed by atoms with Crippen LogP contribution in [0.5, 0.6) is 11.5 Å². The van der Waals surface area contributed by atoms with E-state index >= 15 is 0 Å². The minimum Gasteiger partial charge on any atom is -0.650 e. The first-order chi connectivity index (χ1) is 25.8. The van der Waals surface area contributed by atoms with Gasteiger partial charge in [-0.2, -0.15) is 0 Å². The standard InChI is InChI=1S/C44H30B2N2O2S2/c1-5-17-31(18-6-1)45(32-19-7-2-8-20-32)47-37-25-13-15-27-41(37)51-43(47)35-30-40-36(29-39(35)49-45)44-48(38-26-14-16-28-42(38)52-44)46(50-40,33-21-9-3-10-22-33)34-23-11-4-12-24-34/h1-30H. The summed E-state index contributed by atoms with van der Waals surface area (Å²) in [5, 5.41) is 2.29. The fraction of sp³-hybridized carbons (Fsp3) is 0. The molecular formula is C44H30B2N2O2S2. The van der Waals surface area contributed by atoms with Gasteiger partial charge in [0.2, 0.25) is 10.0 Å². The Morgan fingerprint density at radius 2 is 0.673 bits per heavy atom. The minimum absolute atomic E-state index is 0.852. The molecule has 52 heavy (non-hydrogen) atoms. The Morgan fingerprint density at radius 3 is 1.02 bits per heavy atom. The number of para-hydroxylation sites is 2. The number of benzene rings is 7. The van der Waals surface area contributed by atoms with Crippen LogP contribution in [-0.4, -0.2) is 13.0 Å². The lowest BCUT2D eigenvalue weighted by Gasteiger charge is -2.43. The molecule has 8 heteroatoms.